The molecule has 1 N–H and O–H groups in total. The van der Waals surface area contributed by atoms with Gasteiger partial charge in [-0.1, -0.05) is 55.0 Å². The van der Waals surface area contributed by atoms with E-state index in [0.29, 0.717) is 29.8 Å². The van der Waals surface area contributed by atoms with Crippen molar-refractivity contribution in [1.29, 1.82) is 0 Å². The second-order valence-electron chi connectivity index (χ2n) is 9.08. The van der Waals surface area contributed by atoms with Crippen LogP contribution in [-0.2, 0) is 26.2 Å². The highest BCUT2D eigenvalue weighted by Gasteiger charge is 2.34. The molecule has 1 atom stereocenters. The number of nitrogens with one attached hydrogen (secondary N) is 1. The molecule has 3 rings (SSSR count). The van der Waals surface area contributed by atoms with Crippen LogP contribution in [0.4, 0.5) is 10.1 Å². The SMILES string of the molecule is CCNC(=O)[C@@H](CC)N(Cc1ccc(F)cc1)C(=O)CN(c1ccc(C)cc1C)S(=O)(=O)c1ccccc1. The molecule has 0 aliphatic carbocycles. The van der Waals surface area contributed by atoms with Crippen molar-refractivity contribution in [3.8, 4) is 0 Å². The van der Waals surface area contributed by atoms with Crippen LogP contribution in [0.25, 0.3) is 0 Å². The summed E-state index contributed by atoms with van der Waals surface area (Å²) in [7, 11) is -4.12. The number of likely N-dealkylation sites (N-methyl/N-ethyl adjacent to an activating group) is 1. The first-order valence-electron chi connectivity index (χ1n) is 12.5. The Morgan fingerprint density at radius 1 is 0.947 bits per heavy atom. The van der Waals surface area contributed by atoms with Crippen molar-refractivity contribution in [3.05, 3.63) is 95.3 Å². The minimum atomic E-state index is -4.12. The van der Waals surface area contributed by atoms with E-state index in [9.17, 15) is 22.4 Å². The largest absolute Gasteiger partial charge is 0.355 e. The Morgan fingerprint density at radius 3 is 2.18 bits per heavy atom. The maximum Gasteiger partial charge on any atom is 0.264 e. The molecule has 0 unspecified atom stereocenters. The first kappa shape index (κ1) is 28.8. The van der Waals surface area contributed by atoms with Crippen LogP contribution in [0, 0.1) is 19.7 Å². The van der Waals surface area contributed by atoms with Gasteiger partial charge in [0.15, 0.2) is 0 Å². The molecule has 3 aromatic carbocycles. The van der Waals surface area contributed by atoms with Crippen molar-refractivity contribution < 1.29 is 22.4 Å². The lowest BCUT2D eigenvalue weighted by Crippen LogP contribution is -2.52. The molecule has 0 saturated carbocycles. The van der Waals surface area contributed by atoms with E-state index in [2.05, 4.69) is 5.32 Å². The van der Waals surface area contributed by atoms with Gasteiger partial charge in [0.2, 0.25) is 11.8 Å². The average molecular weight is 540 g/mol. The van der Waals surface area contributed by atoms with Gasteiger partial charge in [0.05, 0.1) is 10.6 Å². The number of nitrogens with zero attached hydrogens (tertiary/aromatic N) is 2. The third-order valence-corrected chi connectivity index (χ3v) is 8.01. The second kappa shape index (κ2) is 12.7. The molecular weight excluding hydrogens is 505 g/mol. The molecule has 0 radical (unpaired) electrons. The van der Waals surface area contributed by atoms with Crippen LogP contribution in [0.2, 0.25) is 0 Å². The zero-order valence-corrected chi connectivity index (χ0v) is 23.0. The summed E-state index contributed by atoms with van der Waals surface area (Å²) in [5.74, 6) is -1.31. The molecule has 0 aliphatic heterocycles. The minimum absolute atomic E-state index is 0.0147. The molecule has 202 valence electrons. The summed E-state index contributed by atoms with van der Waals surface area (Å²) < 4.78 is 42.3. The van der Waals surface area contributed by atoms with E-state index in [1.807, 2.05) is 13.0 Å². The maximum atomic E-state index is 13.9. The minimum Gasteiger partial charge on any atom is -0.355 e. The van der Waals surface area contributed by atoms with E-state index >= 15 is 0 Å². The molecule has 0 spiro atoms. The number of aryl methyl sites for hydroxylation is 2. The Bertz CT molecular complexity index is 1360. The fraction of sp³-hybridized carbons (Fsp3) is 0.310. The number of amides is 2. The lowest BCUT2D eigenvalue weighted by atomic mass is 10.1. The van der Waals surface area contributed by atoms with E-state index in [4.69, 9.17) is 0 Å². The van der Waals surface area contributed by atoms with Gasteiger partial charge in [-0.05, 0) is 68.7 Å². The number of carbonyl (C=O) groups is 2. The average Bonchev–Trinajstić information content (AvgIpc) is 2.89. The van der Waals surface area contributed by atoms with Crippen molar-refractivity contribution in [2.24, 2.45) is 0 Å². The quantitative estimate of drug-likeness (QED) is 0.387. The number of hydrogen-bond acceptors (Lipinski definition) is 4. The molecular formula is C29H34FN3O4S. The predicted molar refractivity (Wildman–Crippen MR) is 147 cm³/mol. The molecule has 0 aromatic heterocycles. The monoisotopic (exact) mass is 539 g/mol. The summed E-state index contributed by atoms with van der Waals surface area (Å²) in [6.07, 6.45) is 0.313. The molecule has 0 saturated heterocycles. The van der Waals surface area contributed by atoms with E-state index in [0.717, 1.165) is 9.87 Å². The molecule has 0 aliphatic rings. The molecule has 38 heavy (non-hydrogen) atoms. The molecule has 0 heterocycles. The van der Waals surface area contributed by atoms with Crippen LogP contribution < -0.4 is 9.62 Å². The summed E-state index contributed by atoms with van der Waals surface area (Å²) in [6, 6.07) is 18.1. The number of halogens is 1. The van der Waals surface area contributed by atoms with Crippen molar-refractivity contribution in [2.45, 2.75) is 51.6 Å². The number of sulfonamides is 1. The van der Waals surface area contributed by atoms with Gasteiger partial charge in [0, 0.05) is 13.1 Å². The van der Waals surface area contributed by atoms with Gasteiger partial charge in [0.25, 0.3) is 10.0 Å². The van der Waals surface area contributed by atoms with E-state index in [1.165, 1.54) is 29.2 Å². The lowest BCUT2D eigenvalue weighted by molar-refractivity contribution is -0.140. The standard InChI is InChI=1S/C29H34FN3O4S/c1-5-26(29(35)31-6-2)32(19-23-13-15-24(30)16-14-23)28(34)20-33(27-17-12-21(3)18-22(27)4)38(36,37)25-10-8-7-9-11-25/h7-18,26H,5-6,19-20H2,1-4H3,(H,31,35)/t26-/m1/s1. The van der Waals surface area contributed by atoms with Crippen LogP contribution in [0.15, 0.2) is 77.7 Å². The third-order valence-electron chi connectivity index (χ3n) is 6.23. The zero-order chi connectivity index (χ0) is 27.9. The second-order valence-corrected chi connectivity index (χ2v) is 10.9. The normalized spacial score (nSPS) is 12.0. The van der Waals surface area contributed by atoms with Crippen molar-refractivity contribution >= 4 is 27.5 Å². The molecule has 3 aromatic rings. The van der Waals surface area contributed by atoms with E-state index < -0.39 is 34.3 Å². The van der Waals surface area contributed by atoms with Gasteiger partial charge in [-0.2, -0.15) is 0 Å². The topological polar surface area (TPSA) is 86.8 Å². The first-order chi connectivity index (χ1) is 18.1. The fourth-order valence-electron chi connectivity index (χ4n) is 4.32. The van der Waals surface area contributed by atoms with Gasteiger partial charge in [-0.15, -0.1) is 0 Å². The Labute approximate surface area is 224 Å². The van der Waals surface area contributed by atoms with Crippen molar-refractivity contribution in [3.63, 3.8) is 0 Å². The van der Waals surface area contributed by atoms with Gasteiger partial charge >= 0.3 is 0 Å². The third kappa shape index (κ3) is 6.77. The van der Waals surface area contributed by atoms with Crippen LogP contribution in [0.3, 0.4) is 0 Å². The smallest absolute Gasteiger partial charge is 0.264 e. The van der Waals surface area contributed by atoms with Crippen LogP contribution in [0.5, 0.6) is 0 Å². The molecule has 0 bridgehead atoms. The van der Waals surface area contributed by atoms with Crippen LogP contribution in [0.1, 0.15) is 37.0 Å². The van der Waals surface area contributed by atoms with Crippen molar-refractivity contribution in [2.75, 3.05) is 17.4 Å². The van der Waals surface area contributed by atoms with Gasteiger partial charge in [0.1, 0.15) is 18.4 Å². The zero-order valence-electron chi connectivity index (χ0n) is 22.1. The summed E-state index contributed by atoms with van der Waals surface area (Å²) >= 11 is 0. The summed E-state index contributed by atoms with van der Waals surface area (Å²) in [5.41, 5.74) is 2.64. The number of hydrogen-bond donors (Lipinski definition) is 1. The lowest BCUT2D eigenvalue weighted by Gasteiger charge is -2.33. The number of rotatable bonds is 11. The summed E-state index contributed by atoms with van der Waals surface area (Å²) in [4.78, 5) is 28.3. The molecule has 0 fully saturated rings. The number of carbonyl (C=O) groups excluding carboxylic acids is 2. The fourth-order valence-corrected chi connectivity index (χ4v) is 5.82. The highest BCUT2D eigenvalue weighted by atomic mass is 32.2. The highest BCUT2D eigenvalue weighted by Crippen LogP contribution is 2.28. The number of benzene rings is 3. The maximum absolute atomic E-state index is 13.9. The predicted octanol–water partition coefficient (Wildman–Crippen LogP) is 4.58. The summed E-state index contributed by atoms with van der Waals surface area (Å²) in [5, 5.41) is 2.76. The molecule has 9 heteroatoms. The number of anilines is 1. The van der Waals surface area contributed by atoms with Crippen LogP contribution >= 0.6 is 0 Å². The van der Waals surface area contributed by atoms with Gasteiger partial charge in [-0.3, -0.25) is 13.9 Å². The summed E-state index contributed by atoms with van der Waals surface area (Å²) in [6.45, 7) is 7.14. The Kier molecular flexibility index (Phi) is 9.63. The highest BCUT2D eigenvalue weighted by molar-refractivity contribution is 7.92. The molecule has 7 nitrogen and oxygen atoms in total. The van der Waals surface area contributed by atoms with Gasteiger partial charge < -0.3 is 10.2 Å². The van der Waals surface area contributed by atoms with Crippen molar-refractivity contribution in [1.82, 2.24) is 10.2 Å². The first-order valence-corrected chi connectivity index (χ1v) is 14.0. The Balaban J connectivity index is 2.08. The van der Waals surface area contributed by atoms with E-state index in [-0.39, 0.29) is 17.3 Å². The van der Waals surface area contributed by atoms with E-state index in [1.54, 1.807) is 63.2 Å². The Morgan fingerprint density at radius 2 is 1.61 bits per heavy atom. The molecule has 2 amide bonds. The van der Waals surface area contributed by atoms with Gasteiger partial charge in [-0.25, -0.2) is 12.8 Å². The Hall–Kier alpha value is -3.72. The van der Waals surface area contributed by atoms with Crippen LogP contribution in [-0.4, -0.2) is 44.3 Å².